The molecule has 0 saturated carbocycles. The van der Waals surface area contributed by atoms with Crippen molar-refractivity contribution in [1.82, 2.24) is 9.91 Å². The summed E-state index contributed by atoms with van der Waals surface area (Å²) in [6.07, 6.45) is 0.582. The molecule has 1 heterocycles. The fraction of sp³-hybridized carbons (Fsp3) is 0.318. The summed E-state index contributed by atoms with van der Waals surface area (Å²) in [7, 11) is 4.65. The van der Waals surface area contributed by atoms with Crippen LogP contribution >= 0.6 is 0 Å². The van der Waals surface area contributed by atoms with Crippen molar-refractivity contribution in [3.8, 4) is 5.75 Å². The lowest BCUT2D eigenvalue weighted by Gasteiger charge is -2.24. The van der Waals surface area contributed by atoms with Crippen molar-refractivity contribution >= 4 is 17.5 Å². The molecule has 1 atom stereocenters. The Balaban J connectivity index is 1.87. The molecule has 29 heavy (non-hydrogen) atoms. The predicted molar refractivity (Wildman–Crippen MR) is 110 cm³/mol. The van der Waals surface area contributed by atoms with Gasteiger partial charge in [0, 0.05) is 26.1 Å². The zero-order valence-electron chi connectivity index (χ0n) is 16.9. The van der Waals surface area contributed by atoms with E-state index in [9.17, 15) is 9.59 Å². The maximum absolute atomic E-state index is 13.0. The number of hydrogen-bond donors (Lipinski definition) is 0. The van der Waals surface area contributed by atoms with E-state index in [1.165, 1.54) is 17.0 Å². The first-order chi connectivity index (χ1) is 14.0. The second kappa shape index (κ2) is 9.34. The molecule has 0 N–H and O–H groups in total. The molecular weight excluding hydrogens is 370 g/mol. The van der Waals surface area contributed by atoms with Crippen LogP contribution in [0.5, 0.6) is 5.75 Å². The lowest BCUT2D eigenvalue weighted by molar-refractivity contribution is -0.142. The number of ether oxygens (including phenoxy) is 2. The number of likely N-dealkylation sites (N-methyl/N-ethyl adjacent to an activating group) is 1. The Kier molecular flexibility index (Phi) is 6.61. The number of methoxy groups -OCH3 is 2. The second-order valence-corrected chi connectivity index (χ2v) is 6.83. The fourth-order valence-corrected chi connectivity index (χ4v) is 3.25. The number of rotatable bonds is 7. The van der Waals surface area contributed by atoms with Crippen LogP contribution in [-0.4, -0.2) is 61.9 Å². The summed E-state index contributed by atoms with van der Waals surface area (Å²) in [5.41, 5.74) is 2.70. The van der Waals surface area contributed by atoms with Gasteiger partial charge in [0.25, 0.3) is 5.91 Å². The quantitative estimate of drug-likeness (QED) is 0.722. The van der Waals surface area contributed by atoms with Crippen LogP contribution in [0.25, 0.3) is 0 Å². The highest BCUT2D eigenvalue weighted by Gasteiger charge is 2.33. The number of hydrazone groups is 1. The van der Waals surface area contributed by atoms with E-state index in [4.69, 9.17) is 9.47 Å². The average molecular weight is 395 g/mol. The monoisotopic (exact) mass is 395 g/mol. The molecule has 0 aliphatic carbocycles. The maximum atomic E-state index is 13.0. The van der Waals surface area contributed by atoms with Crippen LogP contribution in [0.3, 0.4) is 0 Å². The number of hydrogen-bond acceptors (Lipinski definition) is 5. The Morgan fingerprint density at radius 3 is 2.59 bits per heavy atom. The van der Waals surface area contributed by atoms with Crippen LogP contribution in [0.15, 0.2) is 59.7 Å². The van der Waals surface area contributed by atoms with Gasteiger partial charge in [-0.05, 0) is 17.7 Å². The summed E-state index contributed by atoms with van der Waals surface area (Å²) in [5.74, 6) is 0.230. The van der Waals surface area contributed by atoms with Crippen LogP contribution in [0.1, 0.15) is 23.6 Å². The Bertz CT molecular complexity index is 898. The van der Waals surface area contributed by atoms with Gasteiger partial charge in [0.1, 0.15) is 18.9 Å². The first kappa shape index (κ1) is 20.5. The molecular formula is C22H25N3O4. The highest BCUT2D eigenvalue weighted by Crippen LogP contribution is 2.33. The van der Waals surface area contributed by atoms with Crippen LogP contribution in [-0.2, 0) is 14.3 Å². The van der Waals surface area contributed by atoms with Gasteiger partial charge in [0.05, 0.1) is 18.9 Å². The molecule has 0 saturated heterocycles. The zero-order chi connectivity index (χ0) is 20.8. The molecule has 3 rings (SSSR count). The van der Waals surface area contributed by atoms with E-state index < -0.39 is 0 Å². The van der Waals surface area contributed by atoms with E-state index in [0.717, 1.165) is 22.6 Å². The largest absolute Gasteiger partial charge is 0.497 e. The van der Waals surface area contributed by atoms with Crippen molar-refractivity contribution < 1.29 is 19.1 Å². The van der Waals surface area contributed by atoms with E-state index in [1.807, 2.05) is 54.6 Å². The van der Waals surface area contributed by atoms with Gasteiger partial charge in [-0.1, -0.05) is 42.5 Å². The Morgan fingerprint density at radius 2 is 1.90 bits per heavy atom. The number of amides is 2. The van der Waals surface area contributed by atoms with Gasteiger partial charge >= 0.3 is 0 Å². The highest BCUT2D eigenvalue weighted by atomic mass is 16.5. The van der Waals surface area contributed by atoms with Gasteiger partial charge in [0.15, 0.2) is 0 Å². The van der Waals surface area contributed by atoms with E-state index in [0.29, 0.717) is 6.42 Å². The third kappa shape index (κ3) is 4.81. The van der Waals surface area contributed by atoms with Crippen LogP contribution in [0.2, 0.25) is 0 Å². The minimum atomic E-state index is -0.256. The Labute approximate surface area is 170 Å². The molecule has 0 aromatic heterocycles. The summed E-state index contributed by atoms with van der Waals surface area (Å²) >= 11 is 0. The van der Waals surface area contributed by atoms with Crippen LogP contribution in [0, 0.1) is 0 Å². The summed E-state index contributed by atoms with van der Waals surface area (Å²) in [4.78, 5) is 26.3. The highest BCUT2D eigenvalue weighted by molar-refractivity contribution is 6.03. The standard InChI is InChI=1S/C22H25N3O4/c1-24(22(27)15-28-2)14-21(26)25-20(16-8-5-4-6-9-16)13-19(23-25)17-10-7-11-18(12-17)29-3/h4-12,20H,13-15H2,1-3H3. The summed E-state index contributed by atoms with van der Waals surface area (Å²) in [5, 5.41) is 6.11. The average Bonchev–Trinajstić information content (AvgIpc) is 3.20. The molecule has 0 fully saturated rings. The van der Waals surface area contributed by atoms with Crippen molar-refractivity contribution in [2.45, 2.75) is 12.5 Å². The molecule has 1 aliphatic rings. The van der Waals surface area contributed by atoms with Crippen molar-refractivity contribution in [2.75, 3.05) is 34.4 Å². The van der Waals surface area contributed by atoms with Gasteiger partial charge in [-0.2, -0.15) is 5.10 Å². The molecule has 2 amide bonds. The lowest BCUT2D eigenvalue weighted by Crippen LogP contribution is -2.40. The minimum Gasteiger partial charge on any atom is -0.497 e. The third-order valence-corrected chi connectivity index (χ3v) is 4.82. The molecule has 0 spiro atoms. The molecule has 152 valence electrons. The molecule has 1 aliphatic heterocycles. The van der Waals surface area contributed by atoms with E-state index >= 15 is 0 Å². The molecule has 2 aromatic rings. The smallest absolute Gasteiger partial charge is 0.262 e. The SMILES string of the molecule is COCC(=O)N(C)CC(=O)N1N=C(c2cccc(OC)c2)CC1c1ccccc1. The zero-order valence-corrected chi connectivity index (χ0v) is 16.9. The number of benzene rings is 2. The molecule has 2 aromatic carbocycles. The summed E-state index contributed by atoms with van der Waals surface area (Å²) in [6.45, 7) is -0.134. The normalized spacial score (nSPS) is 15.8. The summed E-state index contributed by atoms with van der Waals surface area (Å²) in [6, 6.07) is 17.2. The topological polar surface area (TPSA) is 71.4 Å². The predicted octanol–water partition coefficient (Wildman–Crippen LogP) is 2.48. The van der Waals surface area contributed by atoms with Crippen LogP contribution in [0.4, 0.5) is 0 Å². The van der Waals surface area contributed by atoms with Crippen LogP contribution < -0.4 is 4.74 Å². The first-order valence-electron chi connectivity index (χ1n) is 9.35. The van der Waals surface area contributed by atoms with E-state index in [-0.39, 0.29) is 31.0 Å². The fourth-order valence-electron chi connectivity index (χ4n) is 3.25. The Morgan fingerprint density at radius 1 is 1.14 bits per heavy atom. The number of carbonyl (C=O) groups is 2. The van der Waals surface area contributed by atoms with Crippen molar-refractivity contribution in [2.24, 2.45) is 5.10 Å². The molecule has 7 heteroatoms. The number of carbonyl (C=O) groups excluding carboxylic acids is 2. The minimum absolute atomic E-state index is 0.0653. The van der Waals surface area contributed by atoms with Gasteiger partial charge in [-0.3, -0.25) is 9.59 Å². The van der Waals surface area contributed by atoms with Gasteiger partial charge in [-0.15, -0.1) is 0 Å². The second-order valence-electron chi connectivity index (χ2n) is 6.83. The molecule has 0 bridgehead atoms. The van der Waals surface area contributed by atoms with Gasteiger partial charge in [0.2, 0.25) is 5.91 Å². The third-order valence-electron chi connectivity index (χ3n) is 4.82. The first-order valence-corrected chi connectivity index (χ1v) is 9.35. The maximum Gasteiger partial charge on any atom is 0.262 e. The lowest BCUT2D eigenvalue weighted by atomic mass is 9.98. The van der Waals surface area contributed by atoms with E-state index in [2.05, 4.69) is 5.10 Å². The van der Waals surface area contributed by atoms with E-state index in [1.54, 1.807) is 14.2 Å². The van der Waals surface area contributed by atoms with Gasteiger partial charge < -0.3 is 14.4 Å². The van der Waals surface area contributed by atoms with Crippen molar-refractivity contribution in [3.63, 3.8) is 0 Å². The Hall–Kier alpha value is -3.19. The van der Waals surface area contributed by atoms with Gasteiger partial charge in [-0.25, -0.2) is 5.01 Å². The molecule has 7 nitrogen and oxygen atoms in total. The molecule has 0 radical (unpaired) electrons. The van der Waals surface area contributed by atoms with Crippen molar-refractivity contribution in [3.05, 3.63) is 65.7 Å². The molecule has 1 unspecified atom stereocenters. The summed E-state index contributed by atoms with van der Waals surface area (Å²) < 4.78 is 10.2. The number of nitrogens with zero attached hydrogens (tertiary/aromatic N) is 3. The van der Waals surface area contributed by atoms with Crippen molar-refractivity contribution in [1.29, 1.82) is 0 Å².